The maximum absolute atomic E-state index is 3.69. The quantitative estimate of drug-likeness (QED) is 0.721. The van der Waals surface area contributed by atoms with Crippen LogP contribution in [-0.2, 0) is 0 Å². The molecule has 1 aromatic rings. The molecule has 0 aliphatic carbocycles. The monoisotopic (exact) mass is 270 g/mol. The van der Waals surface area contributed by atoms with E-state index in [2.05, 4.69) is 61.0 Å². The van der Waals surface area contributed by atoms with Gasteiger partial charge in [0, 0.05) is 4.47 Å². The Hall–Kier alpha value is -0.0831. The van der Waals surface area contributed by atoms with Gasteiger partial charge in [-0.2, -0.15) is 0 Å². The molecule has 0 nitrogen and oxygen atoms in total. The first-order valence-corrected chi connectivity index (χ1v) is 8.86. The maximum atomic E-state index is 3.69. The standard InChI is InChI=1S/C12H19BrSi/c1-4-14(5-2,6-3)12-10-8-7-9-11(12)13/h7-10H,4-6H2,1-3H3. The highest BCUT2D eigenvalue weighted by Gasteiger charge is 2.30. The maximum Gasteiger partial charge on any atom is 0.0873 e. The molecule has 0 unspecified atom stereocenters. The molecule has 0 aromatic heterocycles. The van der Waals surface area contributed by atoms with Crippen LogP contribution in [0.1, 0.15) is 20.8 Å². The van der Waals surface area contributed by atoms with Crippen molar-refractivity contribution in [3.05, 3.63) is 28.7 Å². The van der Waals surface area contributed by atoms with Gasteiger partial charge >= 0.3 is 0 Å². The van der Waals surface area contributed by atoms with Gasteiger partial charge in [0.15, 0.2) is 0 Å². The van der Waals surface area contributed by atoms with Crippen LogP contribution in [-0.4, -0.2) is 8.07 Å². The second-order valence-corrected chi connectivity index (χ2v) is 9.90. The van der Waals surface area contributed by atoms with Crippen molar-refractivity contribution in [3.63, 3.8) is 0 Å². The lowest BCUT2D eigenvalue weighted by molar-refractivity contribution is 1.19. The van der Waals surface area contributed by atoms with E-state index in [0.29, 0.717) is 0 Å². The zero-order chi connectivity index (χ0) is 10.6. The van der Waals surface area contributed by atoms with E-state index in [9.17, 15) is 0 Å². The van der Waals surface area contributed by atoms with E-state index in [1.165, 1.54) is 22.6 Å². The van der Waals surface area contributed by atoms with Crippen molar-refractivity contribution in [3.8, 4) is 0 Å². The third-order valence-electron chi connectivity index (χ3n) is 3.48. The molecule has 0 aliphatic rings. The van der Waals surface area contributed by atoms with Crippen LogP contribution >= 0.6 is 15.9 Å². The summed E-state index contributed by atoms with van der Waals surface area (Å²) >= 11 is 3.69. The molecule has 0 radical (unpaired) electrons. The lowest BCUT2D eigenvalue weighted by Crippen LogP contribution is -2.46. The minimum atomic E-state index is -1.18. The SMILES string of the molecule is CC[Si](CC)(CC)c1ccccc1Br. The average Bonchev–Trinajstić information content (AvgIpc) is 2.24. The summed E-state index contributed by atoms with van der Waals surface area (Å²) in [5.41, 5.74) is 0. The highest BCUT2D eigenvalue weighted by Crippen LogP contribution is 2.23. The average molecular weight is 271 g/mol. The van der Waals surface area contributed by atoms with Gasteiger partial charge in [0.05, 0.1) is 8.07 Å². The van der Waals surface area contributed by atoms with E-state index in [-0.39, 0.29) is 0 Å². The minimum Gasteiger partial charge on any atom is -0.0675 e. The summed E-state index contributed by atoms with van der Waals surface area (Å²) in [6, 6.07) is 12.8. The summed E-state index contributed by atoms with van der Waals surface area (Å²) in [5, 5.41) is 1.60. The van der Waals surface area contributed by atoms with Crippen molar-refractivity contribution in [1.29, 1.82) is 0 Å². The molecule has 1 aromatic carbocycles. The predicted molar refractivity (Wildman–Crippen MR) is 71.0 cm³/mol. The molecule has 0 fully saturated rings. The van der Waals surface area contributed by atoms with E-state index in [4.69, 9.17) is 0 Å². The fraction of sp³-hybridized carbons (Fsp3) is 0.500. The summed E-state index contributed by atoms with van der Waals surface area (Å²) in [7, 11) is -1.18. The largest absolute Gasteiger partial charge is 0.0873 e. The molecule has 78 valence electrons. The Kier molecular flexibility index (Phi) is 4.39. The van der Waals surface area contributed by atoms with Crippen LogP contribution in [0.5, 0.6) is 0 Å². The van der Waals surface area contributed by atoms with Gasteiger partial charge < -0.3 is 0 Å². The first-order valence-electron chi connectivity index (χ1n) is 5.45. The van der Waals surface area contributed by atoms with E-state index in [1.54, 1.807) is 5.19 Å². The van der Waals surface area contributed by atoms with Gasteiger partial charge in [-0.05, 0) is 11.3 Å². The lowest BCUT2D eigenvalue weighted by atomic mass is 10.4. The van der Waals surface area contributed by atoms with Crippen LogP contribution in [0.25, 0.3) is 0 Å². The summed E-state index contributed by atoms with van der Waals surface area (Å²) in [6.07, 6.45) is 0. The third kappa shape index (κ3) is 2.11. The smallest absolute Gasteiger partial charge is 0.0675 e. The molecule has 1 rings (SSSR count). The molecule has 0 saturated heterocycles. The van der Waals surface area contributed by atoms with E-state index >= 15 is 0 Å². The fourth-order valence-corrected chi connectivity index (χ4v) is 7.44. The van der Waals surface area contributed by atoms with Crippen LogP contribution < -0.4 is 5.19 Å². The molecule has 2 heteroatoms. The molecule has 14 heavy (non-hydrogen) atoms. The second kappa shape index (κ2) is 5.13. The van der Waals surface area contributed by atoms with Crippen LogP contribution in [0.4, 0.5) is 0 Å². The van der Waals surface area contributed by atoms with Crippen LogP contribution in [0.3, 0.4) is 0 Å². The summed E-state index contributed by atoms with van der Waals surface area (Å²) in [4.78, 5) is 0. The molecule has 0 N–H and O–H groups in total. The molecule has 0 heterocycles. The summed E-state index contributed by atoms with van der Waals surface area (Å²) in [5.74, 6) is 0. The van der Waals surface area contributed by atoms with Crippen LogP contribution in [0.2, 0.25) is 18.1 Å². The Morgan fingerprint density at radius 1 is 1.00 bits per heavy atom. The summed E-state index contributed by atoms with van der Waals surface area (Å²) in [6.45, 7) is 7.04. The van der Waals surface area contributed by atoms with Gasteiger partial charge in [0.2, 0.25) is 0 Å². The number of rotatable bonds is 4. The molecule has 0 atom stereocenters. The molecule has 0 aliphatic heterocycles. The Morgan fingerprint density at radius 3 is 1.93 bits per heavy atom. The lowest BCUT2D eigenvalue weighted by Gasteiger charge is -2.29. The zero-order valence-corrected chi connectivity index (χ0v) is 11.9. The Labute approximate surface area is 96.9 Å². The Bertz CT molecular complexity index is 284. The van der Waals surface area contributed by atoms with Gasteiger partial charge in [-0.15, -0.1) is 0 Å². The molecule has 0 spiro atoms. The first kappa shape index (κ1) is 12.0. The minimum absolute atomic E-state index is 1.18. The van der Waals surface area contributed by atoms with Crippen molar-refractivity contribution in [2.24, 2.45) is 0 Å². The Balaban J connectivity index is 3.17. The van der Waals surface area contributed by atoms with Gasteiger partial charge in [0.1, 0.15) is 0 Å². The van der Waals surface area contributed by atoms with Gasteiger partial charge in [0.25, 0.3) is 0 Å². The van der Waals surface area contributed by atoms with Crippen LogP contribution in [0.15, 0.2) is 28.7 Å². The molecular weight excluding hydrogens is 252 g/mol. The van der Waals surface area contributed by atoms with Gasteiger partial charge in [-0.3, -0.25) is 0 Å². The van der Waals surface area contributed by atoms with Gasteiger partial charge in [-0.25, -0.2) is 0 Å². The number of benzene rings is 1. The van der Waals surface area contributed by atoms with Crippen molar-refractivity contribution in [1.82, 2.24) is 0 Å². The normalized spacial score (nSPS) is 11.7. The van der Waals surface area contributed by atoms with Crippen molar-refractivity contribution >= 4 is 29.2 Å². The second-order valence-electron chi connectivity index (χ2n) is 3.82. The van der Waals surface area contributed by atoms with E-state index in [0.717, 1.165) is 0 Å². The summed E-state index contributed by atoms with van der Waals surface area (Å²) < 4.78 is 1.32. The fourth-order valence-electron chi connectivity index (χ4n) is 2.21. The number of hydrogen-bond donors (Lipinski definition) is 0. The molecule has 0 bridgehead atoms. The molecular formula is C12H19BrSi. The third-order valence-corrected chi connectivity index (χ3v) is 10.2. The van der Waals surface area contributed by atoms with E-state index in [1.807, 2.05) is 0 Å². The van der Waals surface area contributed by atoms with E-state index < -0.39 is 8.07 Å². The number of halogens is 1. The molecule has 0 saturated carbocycles. The van der Waals surface area contributed by atoms with Crippen LogP contribution in [0, 0.1) is 0 Å². The molecule has 0 amide bonds. The van der Waals surface area contributed by atoms with Crippen molar-refractivity contribution in [2.45, 2.75) is 38.9 Å². The van der Waals surface area contributed by atoms with Crippen molar-refractivity contribution in [2.75, 3.05) is 0 Å². The van der Waals surface area contributed by atoms with Gasteiger partial charge in [-0.1, -0.05) is 73.0 Å². The zero-order valence-electron chi connectivity index (χ0n) is 9.31. The number of hydrogen-bond acceptors (Lipinski definition) is 0. The highest BCUT2D eigenvalue weighted by atomic mass is 79.9. The predicted octanol–water partition coefficient (Wildman–Crippen LogP) is 4.16. The van der Waals surface area contributed by atoms with Crippen molar-refractivity contribution < 1.29 is 0 Å². The first-order chi connectivity index (χ1) is 6.70. The highest BCUT2D eigenvalue weighted by molar-refractivity contribution is 9.10. The topological polar surface area (TPSA) is 0 Å². The Morgan fingerprint density at radius 2 is 1.50 bits per heavy atom.